The van der Waals surface area contributed by atoms with Crippen molar-refractivity contribution in [3.05, 3.63) is 65.2 Å². The SMILES string of the molecule is C/C(=N\NC(=O)CSCc1ccccc1C)c1ccccc1O. The molecule has 2 aromatic carbocycles. The molecule has 0 saturated carbocycles. The number of aromatic hydroxyl groups is 1. The van der Waals surface area contributed by atoms with Gasteiger partial charge in [-0.25, -0.2) is 5.43 Å². The maximum atomic E-state index is 11.8. The van der Waals surface area contributed by atoms with E-state index in [2.05, 4.69) is 29.6 Å². The minimum atomic E-state index is -0.154. The van der Waals surface area contributed by atoms with Gasteiger partial charge in [0.05, 0.1) is 11.5 Å². The number of thioether (sulfide) groups is 1. The maximum absolute atomic E-state index is 11.8. The van der Waals surface area contributed by atoms with Gasteiger partial charge in [0.1, 0.15) is 5.75 Å². The number of hydrazone groups is 1. The van der Waals surface area contributed by atoms with E-state index in [-0.39, 0.29) is 11.7 Å². The van der Waals surface area contributed by atoms with Gasteiger partial charge in [-0.15, -0.1) is 11.8 Å². The van der Waals surface area contributed by atoms with Gasteiger partial charge >= 0.3 is 0 Å². The van der Waals surface area contributed by atoms with Crippen LogP contribution in [0.2, 0.25) is 0 Å². The van der Waals surface area contributed by atoms with Gasteiger partial charge in [0.15, 0.2) is 0 Å². The third-order valence-electron chi connectivity index (χ3n) is 3.39. The van der Waals surface area contributed by atoms with Crippen LogP contribution in [0, 0.1) is 6.92 Å². The van der Waals surface area contributed by atoms with Crippen molar-refractivity contribution >= 4 is 23.4 Å². The summed E-state index contributed by atoms with van der Waals surface area (Å²) in [5.74, 6) is 1.13. The Morgan fingerprint density at radius 1 is 1.17 bits per heavy atom. The molecule has 0 atom stereocenters. The molecule has 23 heavy (non-hydrogen) atoms. The van der Waals surface area contributed by atoms with Crippen molar-refractivity contribution in [1.82, 2.24) is 5.43 Å². The topological polar surface area (TPSA) is 61.7 Å². The molecule has 2 rings (SSSR count). The number of para-hydroxylation sites is 1. The highest BCUT2D eigenvalue weighted by atomic mass is 32.2. The first-order valence-corrected chi connectivity index (χ1v) is 8.47. The molecular weight excluding hydrogens is 308 g/mol. The van der Waals surface area contributed by atoms with Crippen LogP contribution >= 0.6 is 11.8 Å². The number of aryl methyl sites for hydroxylation is 1. The number of nitrogens with zero attached hydrogens (tertiary/aromatic N) is 1. The van der Waals surface area contributed by atoms with Crippen LogP contribution in [0.5, 0.6) is 5.75 Å². The molecule has 0 bridgehead atoms. The molecule has 0 saturated heterocycles. The zero-order valence-corrected chi connectivity index (χ0v) is 14.1. The quantitative estimate of drug-likeness (QED) is 0.630. The lowest BCUT2D eigenvalue weighted by molar-refractivity contribution is -0.118. The summed E-state index contributed by atoms with van der Waals surface area (Å²) >= 11 is 1.55. The number of carbonyl (C=O) groups excluding carboxylic acids is 1. The number of phenols is 1. The third kappa shape index (κ3) is 5.14. The Balaban J connectivity index is 1.82. The van der Waals surface area contributed by atoms with Gasteiger partial charge in [0.2, 0.25) is 5.91 Å². The number of nitrogens with one attached hydrogen (secondary N) is 1. The first-order valence-electron chi connectivity index (χ1n) is 7.31. The fourth-order valence-corrected chi connectivity index (χ4v) is 2.94. The van der Waals surface area contributed by atoms with Gasteiger partial charge in [-0.2, -0.15) is 5.10 Å². The van der Waals surface area contributed by atoms with Crippen LogP contribution in [-0.2, 0) is 10.5 Å². The van der Waals surface area contributed by atoms with Crippen molar-refractivity contribution in [3.63, 3.8) is 0 Å². The number of hydrogen-bond donors (Lipinski definition) is 2. The van der Waals surface area contributed by atoms with Crippen molar-refractivity contribution in [3.8, 4) is 5.75 Å². The first kappa shape index (κ1) is 17.1. The number of benzene rings is 2. The Morgan fingerprint density at radius 2 is 1.87 bits per heavy atom. The molecule has 2 N–H and O–H groups in total. The number of phenolic OH excluding ortho intramolecular Hbond substituents is 1. The Hall–Kier alpha value is -2.27. The monoisotopic (exact) mass is 328 g/mol. The first-order chi connectivity index (χ1) is 11.1. The molecule has 0 aliphatic rings. The van der Waals surface area contributed by atoms with Gasteiger partial charge < -0.3 is 5.11 Å². The van der Waals surface area contributed by atoms with Gasteiger partial charge in [0.25, 0.3) is 0 Å². The Morgan fingerprint density at radius 3 is 2.61 bits per heavy atom. The van der Waals surface area contributed by atoms with Crippen LogP contribution in [0.25, 0.3) is 0 Å². The van der Waals surface area contributed by atoms with E-state index in [1.54, 1.807) is 36.9 Å². The average Bonchev–Trinajstić information content (AvgIpc) is 2.55. The van der Waals surface area contributed by atoms with Crippen molar-refractivity contribution in [2.24, 2.45) is 5.10 Å². The van der Waals surface area contributed by atoms with E-state index < -0.39 is 0 Å². The molecule has 5 heteroatoms. The maximum Gasteiger partial charge on any atom is 0.250 e. The third-order valence-corrected chi connectivity index (χ3v) is 4.38. The minimum Gasteiger partial charge on any atom is -0.507 e. The lowest BCUT2D eigenvalue weighted by Gasteiger charge is -2.06. The van der Waals surface area contributed by atoms with Gasteiger partial charge in [-0.1, -0.05) is 36.4 Å². The zero-order chi connectivity index (χ0) is 16.7. The molecule has 0 spiro atoms. The average molecular weight is 328 g/mol. The van der Waals surface area contributed by atoms with E-state index in [0.29, 0.717) is 17.0 Å². The summed E-state index contributed by atoms with van der Waals surface area (Å²) in [6.45, 7) is 3.81. The van der Waals surface area contributed by atoms with Crippen LogP contribution in [-0.4, -0.2) is 22.5 Å². The fourth-order valence-electron chi connectivity index (χ4n) is 2.04. The Labute approximate surface area is 140 Å². The summed E-state index contributed by atoms with van der Waals surface area (Å²) in [6, 6.07) is 15.1. The van der Waals surface area contributed by atoms with Crippen molar-refractivity contribution in [2.45, 2.75) is 19.6 Å². The summed E-state index contributed by atoms with van der Waals surface area (Å²) in [6.07, 6.45) is 0. The number of carbonyl (C=O) groups is 1. The summed E-state index contributed by atoms with van der Waals surface area (Å²) in [4.78, 5) is 11.8. The molecule has 0 fully saturated rings. The van der Waals surface area contributed by atoms with Crippen LogP contribution < -0.4 is 5.43 Å². The lowest BCUT2D eigenvalue weighted by Crippen LogP contribution is -2.21. The summed E-state index contributed by atoms with van der Waals surface area (Å²) in [5, 5.41) is 13.8. The number of amides is 1. The Kier molecular flexibility index (Phi) is 6.23. The van der Waals surface area contributed by atoms with E-state index in [1.807, 2.05) is 18.2 Å². The highest BCUT2D eigenvalue weighted by molar-refractivity contribution is 7.99. The molecule has 0 aliphatic carbocycles. The fraction of sp³-hybridized carbons (Fsp3) is 0.222. The van der Waals surface area contributed by atoms with Crippen LogP contribution in [0.1, 0.15) is 23.6 Å². The predicted octanol–water partition coefficient (Wildman–Crippen LogP) is 3.47. The van der Waals surface area contributed by atoms with Gasteiger partial charge in [-0.3, -0.25) is 4.79 Å². The molecule has 0 heterocycles. The molecule has 0 aliphatic heterocycles. The summed E-state index contributed by atoms with van der Waals surface area (Å²) in [7, 11) is 0. The summed E-state index contributed by atoms with van der Waals surface area (Å²) < 4.78 is 0. The second-order valence-electron chi connectivity index (χ2n) is 5.17. The molecule has 0 radical (unpaired) electrons. The van der Waals surface area contributed by atoms with Crippen LogP contribution in [0.4, 0.5) is 0 Å². The van der Waals surface area contributed by atoms with Gasteiger partial charge in [0, 0.05) is 11.3 Å². The summed E-state index contributed by atoms with van der Waals surface area (Å²) in [5.41, 5.74) is 6.17. The largest absolute Gasteiger partial charge is 0.507 e. The van der Waals surface area contributed by atoms with E-state index in [4.69, 9.17) is 0 Å². The van der Waals surface area contributed by atoms with E-state index in [0.717, 1.165) is 5.75 Å². The molecule has 2 aromatic rings. The molecule has 120 valence electrons. The lowest BCUT2D eigenvalue weighted by atomic mass is 10.1. The Bertz CT molecular complexity index is 714. The zero-order valence-electron chi connectivity index (χ0n) is 13.2. The van der Waals surface area contributed by atoms with Crippen molar-refractivity contribution in [1.29, 1.82) is 0 Å². The molecule has 1 amide bonds. The van der Waals surface area contributed by atoms with Crippen molar-refractivity contribution < 1.29 is 9.90 Å². The number of rotatable bonds is 6. The van der Waals surface area contributed by atoms with Crippen molar-refractivity contribution in [2.75, 3.05) is 5.75 Å². The molecule has 4 nitrogen and oxygen atoms in total. The van der Waals surface area contributed by atoms with Crippen LogP contribution in [0.15, 0.2) is 53.6 Å². The molecule has 0 aromatic heterocycles. The molecule has 0 unspecified atom stereocenters. The highest BCUT2D eigenvalue weighted by Crippen LogP contribution is 2.17. The molecular formula is C18H20N2O2S. The predicted molar refractivity (Wildman–Crippen MR) is 95.8 cm³/mol. The highest BCUT2D eigenvalue weighted by Gasteiger charge is 2.05. The smallest absolute Gasteiger partial charge is 0.250 e. The van der Waals surface area contributed by atoms with Gasteiger partial charge in [-0.05, 0) is 37.1 Å². The normalized spacial score (nSPS) is 11.3. The minimum absolute atomic E-state index is 0.150. The number of hydrogen-bond acceptors (Lipinski definition) is 4. The van der Waals surface area contributed by atoms with E-state index in [9.17, 15) is 9.90 Å². The van der Waals surface area contributed by atoms with E-state index in [1.165, 1.54) is 11.1 Å². The van der Waals surface area contributed by atoms with Crippen LogP contribution in [0.3, 0.4) is 0 Å². The standard InChI is InChI=1S/C18H20N2O2S/c1-13-7-3-4-8-15(13)11-23-12-18(22)20-19-14(2)16-9-5-6-10-17(16)21/h3-10,21H,11-12H2,1-2H3,(H,20,22)/b19-14+. The van der Waals surface area contributed by atoms with E-state index >= 15 is 0 Å². The second kappa shape index (κ2) is 8.39. The second-order valence-corrected chi connectivity index (χ2v) is 6.15.